The largest absolute Gasteiger partial charge is 0.481 e. The first-order valence-electron chi connectivity index (χ1n) is 6.32. The number of nitrogens with zero attached hydrogens (tertiary/aromatic N) is 1. The first kappa shape index (κ1) is 14.6. The fourth-order valence-electron chi connectivity index (χ4n) is 2.19. The van der Waals surface area contributed by atoms with Crippen LogP contribution >= 0.6 is 11.8 Å². The molecule has 0 spiro atoms. The van der Waals surface area contributed by atoms with E-state index in [9.17, 15) is 14.4 Å². The van der Waals surface area contributed by atoms with Crippen molar-refractivity contribution < 1.29 is 19.5 Å². The Bertz CT molecular complexity index is 558. The van der Waals surface area contributed by atoms with Crippen molar-refractivity contribution in [2.45, 2.75) is 25.0 Å². The fraction of sp³-hybridized carbons (Fsp3) is 0.357. The number of imide groups is 1. The number of carbonyl (C=O) groups is 3. The molecule has 1 saturated heterocycles. The van der Waals surface area contributed by atoms with Gasteiger partial charge in [0.15, 0.2) is 0 Å². The van der Waals surface area contributed by atoms with Gasteiger partial charge >= 0.3 is 5.97 Å². The number of aryl methyl sites for hydroxylation is 1. The molecule has 6 heteroatoms. The van der Waals surface area contributed by atoms with E-state index in [1.54, 1.807) is 12.1 Å². The number of carboxylic acid groups (broad SMARTS) is 1. The number of carbonyl (C=O) groups excluding carboxylic acids is 2. The number of hydrogen-bond acceptors (Lipinski definition) is 4. The maximum Gasteiger partial charge on any atom is 0.313 e. The zero-order valence-corrected chi connectivity index (χ0v) is 11.9. The molecule has 5 nitrogen and oxygen atoms in total. The first-order valence-corrected chi connectivity index (χ1v) is 7.37. The van der Waals surface area contributed by atoms with Crippen LogP contribution in [0, 0.1) is 0 Å². The van der Waals surface area contributed by atoms with Crippen LogP contribution in [-0.4, -0.2) is 33.9 Å². The molecule has 0 aromatic heterocycles. The number of benzene rings is 1. The Morgan fingerprint density at radius 1 is 1.40 bits per heavy atom. The standard InChI is InChI=1S/C14H15NO4S/c1-2-9-5-3-4-6-10(9)15-12(16)7-11(14(15)19)20-8-13(17)18/h3-6,11H,2,7-8H2,1H3,(H,17,18)/t11-/m1/s1. The molecule has 106 valence electrons. The summed E-state index contributed by atoms with van der Waals surface area (Å²) in [5.74, 6) is -1.74. The van der Waals surface area contributed by atoms with Crippen molar-refractivity contribution in [3.05, 3.63) is 29.8 Å². The van der Waals surface area contributed by atoms with Gasteiger partial charge < -0.3 is 5.11 Å². The van der Waals surface area contributed by atoms with Crippen molar-refractivity contribution in [2.24, 2.45) is 0 Å². The number of anilines is 1. The average molecular weight is 293 g/mol. The maximum atomic E-state index is 12.3. The summed E-state index contributed by atoms with van der Waals surface area (Å²) in [6.07, 6.45) is 0.787. The van der Waals surface area contributed by atoms with Crippen molar-refractivity contribution in [3.8, 4) is 0 Å². The van der Waals surface area contributed by atoms with Crippen LogP contribution in [-0.2, 0) is 20.8 Å². The summed E-state index contributed by atoms with van der Waals surface area (Å²) in [5, 5.41) is 8.07. The molecule has 1 aromatic carbocycles. The van der Waals surface area contributed by atoms with E-state index in [-0.39, 0.29) is 24.0 Å². The van der Waals surface area contributed by atoms with Gasteiger partial charge in [0.1, 0.15) is 0 Å². The van der Waals surface area contributed by atoms with E-state index in [1.807, 2.05) is 19.1 Å². The van der Waals surface area contributed by atoms with Gasteiger partial charge in [0.25, 0.3) is 0 Å². The molecule has 1 aliphatic heterocycles. The van der Waals surface area contributed by atoms with Crippen LogP contribution in [0.25, 0.3) is 0 Å². The minimum Gasteiger partial charge on any atom is -0.481 e. The lowest BCUT2D eigenvalue weighted by Gasteiger charge is -2.18. The highest BCUT2D eigenvalue weighted by atomic mass is 32.2. The van der Waals surface area contributed by atoms with Gasteiger partial charge in [-0.05, 0) is 18.1 Å². The van der Waals surface area contributed by atoms with E-state index < -0.39 is 11.2 Å². The monoisotopic (exact) mass is 293 g/mol. The highest BCUT2D eigenvalue weighted by molar-refractivity contribution is 8.01. The van der Waals surface area contributed by atoms with Gasteiger partial charge in [0.2, 0.25) is 11.8 Å². The van der Waals surface area contributed by atoms with E-state index >= 15 is 0 Å². The minimum atomic E-state index is -0.984. The third-order valence-corrected chi connectivity index (χ3v) is 4.31. The Hall–Kier alpha value is -1.82. The summed E-state index contributed by atoms with van der Waals surface area (Å²) < 4.78 is 0. The second kappa shape index (κ2) is 6.09. The number of rotatable bonds is 5. The molecule has 0 aliphatic carbocycles. The highest BCUT2D eigenvalue weighted by Crippen LogP contribution is 2.31. The zero-order valence-electron chi connectivity index (χ0n) is 11.0. The quantitative estimate of drug-likeness (QED) is 0.836. The predicted molar refractivity (Wildman–Crippen MR) is 76.8 cm³/mol. The Morgan fingerprint density at radius 3 is 2.75 bits per heavy atom. The SMILES string of the molecule is CCc1ccccc1N1C(=O)C[C@@H](SCC(=O)O)C1=O. The lowest BCUT2D eigenvalue weighted by Crippen LogP contribution is -2.32. The third kappa shape index (κ3) is 2.85. The Kier molecular flexibility index (Phi) is 4.44. The molecule has 1 N–H and O–H groups in total. The molecule has 20 heavy (non-hydrogen) atoms. The summed E-state index contributed by atoms with van der Waals surface area (Å²) in [4.78, 5) is 36.1. The van der Waals surface area contributed by atoms with Gasteiger partial charge in [0, 0.05) is 6.42 Å². The Balaban J connectivity index is 2.22. The molecule has 1 heterocycles. The molecule has 1 aromatic rings. The molecule has 1 aliphatic rings. The number of hydrogen-bond donors (Lipinski definition) is 1. The summed E-state index contributed by atoms with van der Waals surface area (Å²) in [5.41, 5.74) is 1.54. The molecule has 0 saturated carbocycles. The van der Waals surface area contributed by atoms with Gasteiger partial charge in [-0.3, -0.25) is 14.4 Å². The number of thioether (sulfide) groups is 1. The molecule has 0 bridgehead atoms. The Morgan fingerprint density at radius 2 is 2.10 bits per heavy atom. The van der Waals surface area contributed by atoms with Crippen LogP contribution in [0.3, 0.4) is 0 Å². The number of amides is 2. The molecule has 0 unspecified atom stereocenters. The van der Waals surface area contributed by atoms with E-state index in [0.717, 1.165) is 23.7 Å². The highest BCUT2D eigenvalue weighted by Gasteiger charge is 2.40. The minimum absolute atomic E-state index is 0.0643. The maximum absolute atomic E-state index is 12.3. The number of carboxylic acids is 1. The predicted octanol–water partition coefficient (Wildman–Crippen LogP) is 1.70. The van der Waals surface area contributed by atoms with E-state index in [4.69, 9.17) is 5.11 Å². The van der Waals surface area contributed by atoms with Crippen LogP contribution in [0.2, 0.25) is 0 Å². The third-order valence-electron chi connectivity index (χ3n) is 3.13. The van der Waals surface area contributed by atoms with Crippen molar-refractivity contribution in [1.82, 2.24) is 0 Å². The summed E-state index contributed by atoms with van der Waals surface area (Å²) in [6.45, 7) is 1.96. The molecular formula is C14H15NO4S. The van der Waals surface area contributed by atoms with E-state index in [1.165, 1.54) is 4.90 Å². The summed E-state index contributed by atoms with van der Waals surface area (Å²) in [6, 6.07) is 7.28. The summed E-state index contributed by atoms with van der Waals surface area (Å²) >= 11 is 1.00. The number of para-hydroxylation sites is 1. The van der Waals surface area contributed by atoms with Crippen LogP contribution in [0.15, 0.2) is 24.3 Å². The zero-order chi connectivity index (χ0) is 14.7. The van der Waals surface area contributed by atoms with Crippen molar-refractivity contribution >= 4 is 35.2 Å². The van der Waals surface area contributed by atoms with Gasteiger partial charge in [-0.1, -0.05) is 25.1 Å². The Labute approximate surface area is 121 Å². The van der Waals surface area contributed by atoms with Gasteiger partial charge in [-0.25, -0.2) is 4.90 Å². The fourth-order valence-corrected chi connectivity index (χ4v) is 3.04. The second-order valence-corrected chi connectivity index (χ2v) is 5.64. The molecule has 0 radical (unpaired) electrons. The normalized spacial score (nSPS) is 18.6. The van der Waals surface area contributed by atoms with Gasteiger partial charge in [-0.15, -0.1) is 11.8 Å². The lowest BCUT2D eigenvalue weighted by molar-refractivity contribution is -0.134. The average Bonchev–Trinajstić information content (AvgIpc) is 2.71. The van der Waals surface area contributed by atoms with E-state index in [2.05, 4.69) is 0 Å². The first-order chi connectivity index (χ1) is 9.54. The molecule has 1 fully saturated rings. The van der Waals surface area contributed by atoms with Gasteiger partial charge in [0.05, 0.1) is 16.7 Å². The van der Waals surface area contributed by atoms with Crippen molar-refractivity contribution in [2.75, 3.05) is 10.7 Å². The van der Waals surface area contributed by atoms with Crippen LogP contribution < -0.4 is 4.90 Å². The molecule has 2 rings (SSSR count). The van der Waals surface area contributed by atoms with E-state index in [0.29, 0.717) is 5.69 Å². The molecule has 1 atom stereocenters. The second-order valence-electron chi connectivity index (χ2n) is 4.45. The smallest absolute Gasteiger partial charge is 0.313 e. The molecular weight excluding hydrogens is 278 g/mol. The van der Waals surface area contributed by atoms with Crippen LogP contribution in [0.4, 0.5) is 5.69 Å². The van der Waals surface area contributed by atoms with Crippen molar-refractivity contribution in [3.63, 3.8) is 0 Å². The lowest BCUT2D eigenvalue weighted by atomic mass is 10.1. The van der Waals surface area contributed by atoms with Gasteiger partial charge in [-0.2, -0.15) is 0 Å². The van der Waals surface area contributed by atoms with Crippen LogP contribution in [0.1, 0.15) is 18.9 Å². The molecule has 2 amide bonds. The summed E-state index contributed by atoms with van der Waals surface area (Å²) in [7, 11) is 0. The number of aliphatic carboxylic acids is 1. The van der Waals surface area contributed by atoms with Crippen LogP contribution in [0.5, 0.6) is 0 Å². The topological polar surface area (TPSA) is 74.7 Å². The van der Waals surface area contributed by atoms with Crippen molar-refractivity contribution in [1.29, 1.82) is 0 Å².